The summed E-state index contributed by atoms with van der Waals surface area (Å²) in [4.78, 5) is 19.3. The first-order valence-electron chi connectivity index (χ1n) is 10.2. The van der Waals surface area contributed by atoms with Gasteiger partial charge in [-0.3, -0.25) is 9.79 Å². The van der Waals surface area contributed by atoms with E-state index in [0.29, 0.717) is 30.3 Å². The number of nitrogens with zero attached hydrogens (tertiary/aromatic N) is 2. The minimum atomic E-state index is -0.116. The van der Waals surface area contributed by atoms with Gasteiger partial charge in [0, 0.05) is 37.7 Å². The van der Waals surface area contributed by atoms with Crippen LogP contribution in [0.1, 0.15) is 35.2 Å². The maximum Gasteiger partial charge on any atom is 0.251 e. The van der Waals surface area contributed by atoms with E-state index < -0.39 is 0 Å². The second-order valence-corrected chi connectivity index (χ2v) is 7.07. The molecule has 154 valence electrons. The van der Waals surface area contributed by atoms with Gasteiger partial charge in [0.15, 0.2) is 5.96 Å². The summed E-state index contributed by atoms with van der Waals surface area (Å²) in [6, 6.07) is 17.8. The number of carbonyl (C=O) groups excluding carboxylic acids is 1. The van der Waals surface area contributed by atoms with E-state index in [1.165, 1.54) is 5.56 Å². The predicted octanol–water partition coefficient (Wildman–Crippen LogP) is 2.88. The highest BCUT2D eigenvalue weighted by Gasteiger charge is 2.25. The highest BCUT2D eigenvalue weighted by molar-refractivity contribution is 5.94. The molecule has 0 bridgehead atoms. The number of guanidine groups is 1. The Balaban J connectivity index is 1.52. The van der Waals surface area contributed by atoms with E-state index in [2.05, 4.69) is 52.8 Å². The van der Waals surface area contributed by atoms with Crippen molar-refractivity contribution in [1.29, 1.82) is 0 Å². The largest absolute Gasteiger partial charge is 0.497 e. The van der Waals surface area contributed by atoms with Crippen molar-refractivity contribution in [3.63, 3.8) is 0 Å². The molecule has 1 fully saturated rings. The number of amides is 1. The summed E-state index contributed by atoms with van der Waals surface area (Å²) in [6.45, 7) is 5.87. The zero-order valence-electron chi connectivity index (χ0n) is 17.2. The van der Waals surface area contributed by atoms with Gasteiger partial charge in [0.25, 0.3) is 5.91 Å². The van der Waals surface area contributed by atoms with Crippen molar-refractivity contribution in [2.45, 2.75) is 19.3 Å². The van der Waals surface area contributed by atoms with E-state index in [1.807, 2.05) is 12.1 Å². The minimum Gasteiger partial charge on any atom is -0.497 e. The fourth-order valence-electron chi connectivity index (χ4n) is 3.57. The van der Waals surface area contributed by atoms with Crippen molar-refractivity contribution in [3.05, 3.63) is 65.7 Å². The smallest absolute Gasteiger partial charge is 0.251 e. The monoisotopic (exact) mass is 394 g/mol. The molecular weight excluding hydrogens is 364 g/mol. The van der Waals surface area contributed by atoms with E-state index in [0.717, 1.165) is 32.0 Å². The van der Waals surface area contributed by atoms with Crippen LogP contribution in [0.5, 0.6) is 5.75 Å². The summed E-state index contributed by atoms with van der Waals surface area (Å²) in [5.74, 6) is 2.01. The Morgan fingerprint density at radius 3 is 2.76 bits per heavy atom. The van der Waals surface area contributed by atoms with Crippen LogP contribution in [-0.2, 0) is 0 Å². The number of hydrogen-bond donors (Lipinski definition) is 2. The number of nitrogens with one attached hydrogen (secondary N) is 2. The molecule has 3 rings (SSSR count). The maximum atomic E-state index is 12.3. The third-order valence-electron chi connectivity index (χ3n) is 5.08. The van der Waals surface area contributed by atoms with Gasteiger partial charge in [-0.2, -0.15) is 0 Å². The van der Waals surface area contributed by atoms with Crippen LogP contribution in [0.2, 0.25) is 0 Å². The second kappa shape index (κ2) is 10.5. The topological polar surface area (TPSA) is 66.0 Å². The van der Waals surface area contributed by atoms with Gasteiger partial charge in [0.1, 0.15) is 5.75 Å². The summed E-state index contributed by atoms with van der Waals surface area (Å²) < 4.78 is 5.17. The number of carbonyl (C=O) groups is 1. The fourth-order valence-corrected chi connectivity index (χ4v) is 3.57. The van der Waals surface area contributed by atoms with Gasteiger partial charge in [-0.05, 0) is 37.1 Å². The lowest BCUT2D eigenvalue weighted by Crippen LogP contribution is -2.40. The number of aliphatic imine (C=N–C) groups is 1. The van der Waals surface area contributed by atoms with Gasteiger partial charge in [-0.1, -0.05) is 36.4 Å². The average Bonchev–Trinajstić information content (AvgIpc) is 3.26. The molecule has 2 aromatic rings. The Kier molecular flexibility index (Phi) is 7.50. The van der Waals surface area contributed by atoms with Crippen molar-refractivity contribution >= 4 is 11.9 Å². The molecule has 0 spiro atoms. The molecule has 2 N–H and O–H groups in total. The quantitative estimate of drug-likeness (QED) is 0.431. The van der Waals surface area contributed by atoms with Crippen molar-refractivity contribution in [1.82, 2.24) is 15.5 Å². The number of ether oxygens (including phenoxy) is 1. The van der Waals surface area contributed by atoms with Gasteiger partial charge in [0.2, 0.25) is 0 Å². The molecule has 1 aliphatic heterocycles. The standard InChI is InChI=1S/C23H30N4O2/c1-3-24-23(27-15-12-20(17-27)18-8-5-4-6-9-18)26-14-13-25-22(28)19-10-7-11-21(16-19)29-2/h4-11,16,20H,3,12-15,17H2,1-2H3,(H,24,26)(H,25,28). The molecule has 2 aromatic carbocycles. The summed E-state index contributed by atoms with van der Waals surface area (Å²) in [6.07, 6.45) is 1.13. The van der Waals surface area contributed by atoms with Gasteiger partial charge in [0.05, 0.1) is 13.7 Å². The first kappa shape index (κ1) is 20.7. The third kappa shape index (κ3) is 5.73. The molecule has 6 nitrogen and oxygen atoms in total. The fraction of sp³-hybridized carbons (Fsp3) is 0.391. The van der Waals surface area contributed by atoms with E-state index in [-0.39, 0.29) is 5.91 Å². The van der Waals surface area contributed by atoms with Gasteiger partial charge in [-0.15, -0.1) is 0 Å². The van der Waals surface area contributed by atoms with Gasteiger partial charge >= 0.3 is 0 Å². The number of rotatable bonds is 7. The van der Waals surface area contributed by atoms with Crippen LogP contribution in [-0.4, -0.2) is 56.6 Å². The Morgan fingerprint density at radius 1 is 1.17 bits per heavy atom. The van der Waals surface area contributed by atoms with Crippen LogP contribution in [0.15, 0.2) is 59.6 Å². The van der Waals surface area contributed by atoms with Crippen LogP contribution in [0.4, 0.5) is 0 Å². The molecule has 6 heteroatoms. The lowest BCUT2D eigenvalue weighted by atomic mass is 9.99. The lowest BCUT2D eigenvalue weighted by molar-refractivity contribution is 0.0954. The molecule has 1 saturated heterocycles. The number of likely N-dealkylation sites (tertiary alicyclic amines) is 1. The highest BCUT2D eigenvalue weighted by Crippen LogP contribution is 2.26. The molecule has 29 heavy (non-hydrogen) atoms. The molecule has 1 heterocycles. The van der Waals surface area contributed by atoms with Gasteiger partial charge in [-0.25, -0.2) is 0 Å². The first-order valence-corrected chi connectivity index (χ1v) is 10.2. The van der Waals surface area contributed by atoms with Crippen molar-refractivity contribution < 1.29 is 9.53 Å². The molecule has 0 aliphatic carbocycles. The average molecular weight is 395 g/mol. The molecule has 0 radical (unpaired) electrons. The van der Waals surface area contributed by atoms with Crippen molar-refractivity contribution in [2.75, 3.05) is 39.8 Å². The van der Waals surface area contributed by atoms with E-state index >= 15 is 0 Å². The predicted molar refractivity (Wildman–Crippen MR) is 117 cm³/mol. The van der Waals surface area contributed by atoms with E-state index in [4.69, 9.17) is 9.73 Å². The van der Waals surface area contributed by atoms with Gasteiger partial charge < -0.3 is 20.3 Å². The Hall–Kier alpha value is -3.02. The minimum absolute atomic E-state index is 0.116. The van der Waals surface area contributed by atoms with Crippen LogP contribution < -0.4 is 15.4 Å². The molecule has 1 aliphatic rings. The van der Waals surface area contributed by atoms with E-state index in [1.54, 1.807) is 19.2 Å². The molecular formula is C23H30N4O2. The van der Waals surface area contributed by atoms with Crippen LogP contribution in [0, 0.1) is 0 Å². The molecule has 1 atom stereocenters. The second-order valence-electron chi connectivity index (χ2n) is 7.07. The SMILES string of the molecule is CCNC(=NCCNC(=O)c1cccc(OC)c1)N1CCC(c2ccccc2)C1. The summed E-state index contributed by atoms with van der Waals surface area (Å²) in [7, 11) is 1.59. The van der Waals surface area contributed by atoms with Crippen molar-refractivity contribution in [2.24, 2.45) is 4.99 Å². The van der Waals surface area contributed by atoms with Crippen LogP contribution in [0.25, 0.3) is 0 Å². The highest BCUT2D eigenvalue weighted by atomic mass is 16.5. The molecule has 1 amide bonds. The number of hydrogen-bond acceptors (Lipinski definition) is 3. The Morgan fingerprint density at radius 2 is 2.00 bits per heavy atom. The molecule has 0 aromatic heterocycles. The molecule has 0 saturated carbocycles. The third-order valence-corrected chi connectivity index (χ3v) is 5.08. The zero-order chi connectivity index (χ0) is 20.5. The van der Waals surface area contributed by atoms with Crippen LogP contribution >= 0.6 is 0 Å². The normalized spacial score (nSPS) is 16.6. The maximum absolute atomic E-state index is 12.3. The summed E-state index contributed by atoms with van der Waals surface area (Å²) in [5, 5.41) is 6.30. The first-order chi connectivity index (χ1) is 14.2. The lowest BCUT2D eigenvalue weighted by Gasteiger charge is -2.22. The number of methoxy groups -OCH3 is 1. The Bertz CT molecular complexity index is 823. The number of benzene rings is 2. The summed E-state index contributed by atoms with van der Waals surface area (Å²) in [5.41, 5.74) is 1.97. The zero-order valence-corrected chi connectivity index (χ0v) is 17.2. The van der Waals surface area contributed by atoms with Crippen LogP contribution in [0.3, 0.4) is 0 Å². The van der Waals surface area contributed by atoms with E-state index in [9.17, 15) is 4.79 Å². The molecule has 1 unspecified atom stereocenters. The summed E-state index contributed by atoms with van der Waals surface area (Å²) >= 11 is 0. The van der Waals surface area contributed by atoms with Crippen molar-refractivity contribution in [3.8, 4) is 5.75 Å². The Labute approximate surface area is 173 Å².